The van der Waals surface area contributed by atoms with Gasteiger partial charge < -0.3 is 24.3 Å². The van der Waals surface area contributed by atoms with E-state index in [-0.39, 0.29) is 23.9 Å². The van der Waals surface area contributed by atoms with Gasteiger partial charge in [-0.25, -0.2) is 8.42 Å². The lowest BCUT2D eigenvalue weighted by molar-refractivity contribution is -0.126. The Balaban J connectivity index is 1.72. The summed E-state index contributed by atoms with van der Waals surface area (Å²) in [5.41, 5.74) is 0.724. The molecule has 33 heavy (non-hydrogen) atoms. The van der Waals surface area contributed by atoms with Crippen molar-refractivity contribution < 1.29 is 32.2 Å². The molecule has 0 spiro atoms. The molecule has 0 aliphatic carbocycles. The van der Waals surface area contributed by atoms with E-state index in [1.165, 1.54) is 30.7 Å². The zero-order chi connectivity index (χ0) is 24.0. The maximum absolute atomic E-state index is 13.2. The highest BCUT2D eigenvalue weighted by Crippen LogP contribution is 2.32. The SMILES string of the molecule is COc1ccc(S(=O)(=O)N2CCCC(C(=O)NCc3c(OC)cccc3OC)C2)cc1OC. The van der Waals surface area contributed by atoms with E-state index in [4.69, 9.17) is 18.9 Å². The van der Waals surface area contributed by atoms with Crippen LogP contribution in [0.3, 0.4) is 0 Å². The number of ether oxygens (including phenoxy) is 4. The molecule has 180 valence electrons. The Morgan fingerprint density at radius 3 is 2.21 bits per heavy atom. The van der Waals surface area contributed by atoms with Gasteiger partial charge in [0.25, 0.3) is 0 Å². The molecule has 0 saturated carbocycles. The first-order valence-corrected chi connectivity index (χ1v) is 12.0. The third-order valence-corrected chi connectivity index (χ3v) is 7.58. The molecule has 3 rings (SSSR count). The zero-order valence-corrected chi connectivity index (χ0v) is 20.1. The van der Waals surface area contributed by atoms with E-state index in [1.807, 2.05) is 0 Å². The third kappa shape index (κ3) is 5.33. The molecule has 1 N–H and O–H groups in total. The first-order chi connectivity index (χ1) is 15.8. The number of piperidine rings is 1. The van der Waals surface area contributed by atoms with Crippen LogP contribution in [0, 0.1) is 5.92 Å². The molecule has 1 atom stereocenters. The normalized spacial score (nSPS) is 16.7. The fourth-order valence-electron chi connectivity index (χ4n) is 3.92. The standard InChI is InChI=1S/C23H30N2O7S/c1-29-19-8-5-9-20(30-2)18(19)14-24-23(26)16-7-6-12-25(15-16)33(27,28)17-10-11-21(31-3)22(13-17)32-4/h5,8-11,13,16H,6-7,12,14-15H2,1-4H3,(H,24,26). The van der Waals surface area contributed by atoms with Gasteiger partial charge >= 0.3 is 0 Å². The number of methoxy groups -OCH3 is 4. The maximum atomic E-state index is 13.2. The smallest absolute Gasteiger partial charge is 0.243 e. The molecule has 2 aromatic rings. The van der Waals surface area contributed by atoms with Crippen molar-refractivity contribution in [2.24, 2.45) is 5.92 Å². The lowest BCUT2D eigenvalue weighted by atomic mass is 9.98. The van der Waals surface area contributed by atoms with Gasteiger partial charge in [0.1, 0.15) is 11.5 Å². The summed E-state index contributed by atoms with van der Waals surface area (Å²) in [6.45, 7) is 0.664. The molecule has 0 radical (unpaired) electrons. The molecule has 0 bridgehead atoms. The van der Waals surface area contributed by atoms with Gasteiger partial charge in [0, 0.05) is 19.2 Å². The lowest BCUT2D eigenvalue weighted by Crippen LogP contribution is -2.45. The Morgan fingerprint density at radius 2 is 1.61 bits per heavy atom. The molecule has 1 amide bonds. The Bertz CT molecular complexity index is 1070. The van der Waals surface area contributed by atoms with Gasteiger partial charge in [-0.15, -0.1) is 0 Å². The first-order valence-electron chi connectivity index (χ1n) is 10.6. The van der Waals surface area contributed by atoms with Gasteiger partial charge in [0.15, 0.2) is 11.5 Å². The van der Waals surface area contributed by atoms with Crippen molar-refractivity contribution in [1.29, 1.82) is 0 Å². The molecule has 1 heterocycles. The number of amides is 1. The Hall–Kier alpha value is -2.98. The van der Waals surface area contributed by atoms with Gasteiger partial charge in [0.2, 0.25) is 15.9 Å². The van der Waals surface area contributed by atoms with Gasteiger partial charge in [-0.05, 0) is 37.1 Å². The molecule has 1 saturated heterocycles. The topological polar surface area (TPSA) is 103 Å². The molecule has 10 heteroatoms. The van der Waals surface area contributed by atoms with Crippen LogP contribution in [0.15, 0.2) is 41.3 Å². The van der Waals surface area contributed by atoms with Gasteiger partial charge in [-0.2, -0.15) is 4.31 Å². The summed E-state index contributed by atoms with van der Waals surface area (Å²) in [7, 11) is 2.25. The summed E-state index contributed by atoms with van der Waals surface area (Å²) in [6.07, 6.45) is 1.19. The summed E-state index contributed by atoms with van der Waals surface area (Å²) >= 11 is 0. The Labute approximate surface area is 194 Å². The van der Waals surface area contributed by atoms with Crippen LogP contribution in [0.1, 0.15) is 18.4 Å². The Kier molecular flexibility index (Phi) is 8.04. The fourth-order valence-corrected chi connectivity index (χ4v) is 5.46. The van der Waals surface area contributed by atoms with Crippen molar-refractivity contribution in [1.82, 2.24) is 9.62 Å². The highest BCUT2D eigenvalue weighted by atomic mass is 32.2. The molecule has 1 aliphatic heterocycles. The first kappa shape index (κ1) is 24.7. The fraction of sp³-hybridized carbons (Fsp3) is 0.435. The predicted molar refractivity (Wildman–Crippen MR) is 122 cm³/mol. The number of hydrogen-bond donors (Lipinski definition) is 1. The minimum atomic E-state index is -3.80. The average molecular weight is 479 g/mol. The minimum Gasteiger partial charge on any atom is -0.496 e. The number of carbonyl (C=O) groups excluding carboxylic acids is 1. The number of nitrogens with one attached hydrogen (secondary N) is 1. The van der Waals surface area contributed by atoms with Crippen molar-refractivity contribution in [2.45, 2.75) is 24.3 Å². The molecule has 0 aromatic heterocycles. The summed E-state index contributed by atoms with van der Waals surface area (Å²) in [5.74, 6) is 1.31. The van der Waals surface area contributed by atoms with E-state index in [9.17, 15) is 13.2 Å². The van der Waals surface area contributed by atoms with Gasteiger partial charge in [-0.1, -0.05) is 6.07 Å². The van der Waals surface area contributed by atoms with E-state index in [0.717, 1.165) is 5.56 Å². The summed E-state index contributed by atoms with van der Waals surface area (Å²) in [4.78, 5) is 13.0. The van der Waals surface area contributed by atoms with Gasteiger partial charge in [0.05, 0.1) is 51.4 Å². The summed E-state index contributed by atoms with van der Waals surface area (Å²) in [5, 5.41) is 2.91. The second-order valence-electron chi connectivity index (χ2n) is 7.58. The van der Waals surface area contributed by atoms with Crippen LogP contribution in [0.2, 0.25) is 0 Å². The van der Waals surface area contributed by atoms with Gasteiger partial charge in [-0.3, -0.25) is 4.79 Å². The van der Waals surface area contributed by atoms with E-state index in [0.29, 0.717) is 42.4 Å². The summed E-state index contributed by atoms with van der Waals surface area (Å²) in [6, 6.07) is 9.87. The second kappa shape index (κ2) is 10.8. The van der Waals surface area contributed by atoms with E-state index >= 15 is 0 Å². The zero-order valence-electron chi connectivity index (χ0n) is 19.3. The van der Waals surface area contributed by atoms with Crippen LogP contribution in [-0.4, -0.2) is 60.2 Å². The Morgan fingerprint density at radius 1 is 0.970 bits per heavy atom. The molecule has 1 aliphatic rings. The quantitative estimate of drug-likeness (QED) is 0.590. The van der Waals surface area contributed by atoms with E-state index in [1.54, 1.807) is 38.5 Å². The van der Waals surface area contributed by atoms with Crippen LogP contribution in [-0.2, 0) is 21.4 Å². The number of carbonyl (C=O) groups is 1. The van der Waals surface area contributed by atoms with Crippen molar-refractivity contribution in [3.8, 4) is 23.0 Å². The van der Waals surface area contributed by atoms with E-state index in [2.05, 4.69) is 5.32 Å². The molecular formula is C23H30N2O7S. The van der Waals surface area contributed by atoms with Crippen molar-refractivity contribution in [3.05, 3.63) is 42.0 Å². The van der Waals surface area contributed by atoms with Crippen molar-refractivity contribution >= 4 is 15.9 Å². The lowest BCUT2D eigenvalue weighted by Gasteiger charge is -2.31. The largest absolute Gasteiger partial charge is 0.496 e. The highest BCUT2D eigenvalue weighted by molar-refractivity contribution is 7.89. The second-order valence-corrected chi connectivity index (χ2v) is 9.52. The number of nitrogens with zero attached hydrogens (tertiary/aromatic N) is 1. The van der Waals surface area contributed by atoms with Crippen molar-refractivity contribution in [2.75, 3.05) is 41.5 Å². The highest BCUT2D eigenvalue weighted by Gasteiger charge is 2.34. The molecule has 9 nitrogen and oxygen atoms in total. The average Bonchev–Trinajstić information content (AvgIpc) is 2.86. The molecule has 1 unspecified atom stereocenters. The number of hydrogen-bond acceptors (Lipinski definition) is 7. The number of sulfonamides is 1. The van der Waals surface area contributed by atoms with Crippen LogP contribution in [0.5, 0.6) is 23.0 Å². The third-order valence-electron chi connectivity index (χ3n) is 5.72. The van der Waals surface area contributed by atoms with Crippen LogP contribution in [0.25, 0.3) is 0 Å². The molecule has 1 fully saturated rings. The maximum Gasteiger partial charge on any atom is 0.243 e. The van der Waals surface area contributed by atoms with E-state index < -0.39 is 15.9 Å². The minimum absolute atomic E-state index is 0.0972. The van der Waals surface area contributed by atoms with Crippen LogP contribution >= 0.6 is 0 Å². The molecular weight excluding hydrogens is 448 g/mol. The summed E-state index contributed by atoms with van der Waals surface area (Å²) < 4.78 is 49.0. The molecule has 2 aromatic carbocycles. The van der Waals surface area contributed by atoms with Crippen LogP contribution in [0.4, 0.5) is 0 Å². The van der Waals surface area contributed by atoms with Crippen LogP contribution < -0.4 is 24.3 Å². The van der Waals surface area contributed by atoms with Crippen molar-refractivity contribution in [3.63, 3.8) is 0 Å². The number of benzene rings is 2. The monoisotopic (exact) mass is 478 g/mol. The number of rotatable bonds is 9. The predicted octanol–water partition coefficient (Wildman–Crippen LogP) is 2.44.